The molecule has 0 fully saturated rings. The fraction of sp³-hybridized carbons (Fsp3) is 0.381. The molecule has 0 unspecified atom stereocenters. The first-order valence-corrected chi connectivity index (χ1v) is 9.18. The zero-order valence-electron chi connectivity index (χ0n) is 16.2. The number of anilines is 2. The third-order valence-electron chi connectivity index (χ3n) is 3.50. The van der Waals surface area contributed by atoms with Gasteiger partial charge in [-0.15, -0.1) is 0 Å². The summed E-state index contributed by atoms with van der Waals surface area (Å²) in [6.45, 7) is 7.75. The zero-order valence-corrected chi connectivity index (χ0v) is 16.2. The van der Waals surface area contributed by atoms with Gasteiger partial charge in [-0.25, -0.2) is 0 Å². The summed E-state index contributed by atoms with van der Waals surface area (Å²) in [5, 5.41) is 5.95. The Morgan fingerprint density at radius 3 is 2.48 bits per heavy atom. The summed E-state index contributed by atoms with van der Waals surface area (Å²) in [7, 11) is 0. The molecule has 146 valence electrons. The zero-order chi connectivity index (χ0) is 19.5. The molecule has 0 radical (unpaired) electrons. The minimum Gasteiger partial charge on any atom is -0.491 e. The van der Waals surface area contributed by atoms with Crippen LogP contribution in [0.5, 0.6) is 11.5 Å². The van der Waals surface area contributed by atoms with Crippen molar-refractivity contribution >= 4 is 17.3 Å². The predicted octanol–water partition coefficient (Wildman–Crippen LogP) is 3.94. The number of hydrogen-bond acceptors (Lipinski definition) is 5. The first-order valence-electron chi connectivity index (χ1n) is 9.18. The fourth-order valence-corrected chi connectivity index (χ4v) is 2.34. The molecule has 0 saturated carbocycles. The fourth-order valence-electron chi connectivity index (χ4n) is 2.34. The summed E-state index contributed by atoms with van der Waals surface area (Å²) in [6.07, 6.45) is 0.133. The topological polar surface area (TPSA) is 68.8 Å². The van der Waals surface area contributed by atoms with Crippen molar-refractivity contribution in [2.24, 2.45) is 0 Å². The molecule has 0 aromatic heterocycles. The van der Waals surface area contributed by atoms with Gasteiger partial charge in [-0.3, -0.25) is 4.79 Å². The van der Waals surface area contributed by atoms with E-state index < -0.39 is 0 Å². The van der Waals surface area contributed by atoms with E-state index in [0.717, 1.165) is 11.4 Å². The van der Waals surface area contributed by atoms with E-state index in [1.54, 1.807) is 6.07 Å². The van der Waals surface area contributed by atoms with Crippen LogP contribution in [0.1, 0.15) is 20.8 Å². The van der Waals surface area contributed by atoms with Crippen molar-refractivity contribution in [2.75, 3.05) is 37.0 Å². The highest BCUT2D eigenvalue weighted by Gasteiger charge is 2.04. The van der Waals surface area contributed by atoms with Crippen molar-refractivity contribution in [3.8, 4) is 11.5 Å². The quantitative estimate of drug-likeness (QED) is 0.585. The van der Waals surface area contributed by atoms with E-state index in [1.807, 2.05) is 63.2 Å². The van der Waals surface area contributed by atoms with Gasteiger partial charge in [0, 0.05) is 24.0 Å². The summed E-state index contributed by atoms with van der Waals surface area (Å²) in [5.41, 5.74) is 1.55. The molecular formula is C21H28N2O4. The molecule has 0 aliphatic carbocycles. The van der Waals surface area contributed by atoms with Gasteiger partial charge in [0.25, 0.3) is 0 Å². The molecule has 27 heavy (non-hydrogen) atoms. The van der Waals surface area contributed by atoms with E-state index in [2.05, 4.69) is 10.6 Å². The van der Waals surface area contributed by atoms with Crippen LogP contribution in [0.3, 0.4) is 0 Å². The van der Waals surface area contributed by atoms with E-state index in [-0.39, 0.29) is 18.6 Å². The summed E-state index contributed by atoms with van der Waals surface area (Å²) in [6, 6.07) is 14.8. The number of amides is 1. The standard InChI is InChI=1S/C21H28N2O4/c1-4-25-12-13-26-20-7-5-6-18(14-20)23-21(24)15-22-17-8-10-19(11-9-17)27-16(2)3/h5-11,14,16,22H,4,12-13,15H2,1-3H3,(H,23,24). The summed E-state index contributed by atoms with van der Waals surface area (Å²) < 4.78 is 16.4. The van der Waals surface area contributed by atoms with Gasteiger partial charge in [0.05, 0.1) is 19.3 Å². The average Bonchev–Trinajstić information content (AvgIpc) is 2.65. The maximum atomic E-state index is 12.1. The molecule has 0 heterocycles. The molecule has 0 spiro atoms. The molecule has 6 heteroatoms. The lowest BCUT2D eigenvalue weighted by Gasteiger charge is -2.12. The normalized spacial score (nSPS) is 10.5. The van der Waals surface area contributed by atoms with Gasteiger partial charge in [-0.05, 0) is 57.2 Å². The van der Waals surface area contributed by atoms with Gasteiger partial charge >= 0.3 is 0 Å². The van der Waals surface area contributed by atoms with E-state index >= 15 is 0 Å². The number of benzene rings is 2. The smallest absolute Gasteiger partial charge is 0.243 e. The number of ether oxygens (including phenoxy) is 3. The molecule has 0 bridgehead atoms. The Morgan fingerprint density at radius 2 is 1.78 bits per heavy atom. The van der Waals surface area contributed by atoms with Gasteiger partial charge in [0.2, 0.25) is 5.91 Å². The molecular weight excluding hydrogens is 344 g/mol. The second-order valence-corrected chi connectivity index (χ2v) is 6.17. The Labute approximate surface area is 160 Å². The van der Waals surface area contributed by atoms with E-state index in [9.17, 15) is 4.79 Å². The van der Waals surface area contributed by atoms with Gasteiger partial charge in [0.15, 0.2) is 0 Å². The summed E-state index contributed by atoms with van der Waals surface area (Å²) in [5.74, 6) is 1.37. The Hall–Kier alpha value is -2.73. The van der Waals surface area contributed by atoms with Gasteiger partial charge in [0.1, 0.15) is 18.1 Å². The van der Waals surface area contributed by atoms with Crippen molar-refractivity contribution in [2.45, 2.75) is 26.9 Å². The molecule has 6 nitrogen and oxygen atoms in total. The highest BCUT2D eigenvalue weighted by molar-refractivity contribution is 5.93. The van der Waals surface area contributed by atoms with E-state index in [4.69, 9.17) is 14.2 Å². The largest absolute Gasteiger partial charge is 0.491 e. The molecule has 2 aromatic rings. The molecule has 2 N–H and O–H groups in total. The minimum absolute atomic E-state index is 0.133. The SMILES string of the molecule is CCOCCOc1cccc(NC(=O)CNc2ccc(OC(C)C)cc2)c1. The van der Waals surface area contributed by atoms with Crippen LogP contribution < -0.4 is 20.1 Å². The molecule has 0 aliphatic rings. The van der Waals surface area contributed by atoms with Crippen LogP contribution in [-0.4, -0.2) is 38.4 Å². The maximum Gasteiger partial charge on any atom is 0.243 e. The van der Waals surface area contributed by atoms with E-state index in [1.165, 1.54) is 0 Å². The number of hydrogen-bond donors (Lipinski definition) is 2. The van der Waals surface area contributed by atoms with Gasteiger partial charge in [-0.1, -0.05) is 6.07 Å². The van der Waals surface area contributed by atoms with Crippen molar-refractivity contribution < 1.29 is 19.0 Å². The highest BCUT2D eigenvalue weighted by atomic mass is 16.5. The first-order chi connectivity index (χ1) is 13.1. The second kappa shape index (κ2) is 11.1. The third-order valence-corrected chi connectivity index (χ3v) is 3.50. The molecule has 0 aliphatic heterocycles. The third kappa shape index (κ3) is 8.00. The summed E-state index contributed by atoms with van der Waals surface area (Å²) >= 11 is 0. The van der Waals surface area contributed by atoms with Crippen molar-refractivity contribution in [1.29, 1.82) is 0 Å². The lowest BCUT2D eigenvalue weighted by molar-refractivity contribution is -0.114. The van der Waals surface area contributed by atoms with Crippen LogP contribution in [0.15, 0.2) is 48.5 Å². The lowest BCUT2D eigenvalue weighted by Crippen LogP contribution is -2.21. The Balaban J connectivity index is 1.78. The Kier molecular flexibility index (Phi) is 8.45. The van der Waals surface area contributed by atoms with Gasteiger partial charge < -0.3 is 24.8 Å². The van der Waals surface area contributed by atoms with Crippen LogP contribution in [-0.2, 0) is 9.53 Å². The minimum atomic E-state index is -0.135. The lowest BCUT2D eigenvalue weighted by atomic mass is 10.3. The Morgan fingerprint density at radius 1 is 1.00 bits per heavy atom. The molecule has 0 atom stereocenters. The average molecular weight is 372 g/mol. The number of nitrogens with one attached hydrogen (secondary N) is 2. The molecule has 1 amide bonds. The van der Waals surface area contributed by atoms with Crippen molar-refractivity contribution in [1.82, 2.24) is 0 Å². The van der Waals surface area contributed by atoms with Gasteiger partial charge in [-0.2, -0.15) is 0 Å². The maximum absolute atomic E-state index is 12.1. The highest BCUT2D eigenvalue weighted by Crippen LogP contribution is 2.18. The number of carbonyl (C=O) groups excluding carboxylic acids is 1. The van der Waals surface area contributed by atoms with Crippen molar-refractivity contribution in [3.05, 3.63) is 48.5 Å². The number of rotatable bonds is 11. The van der Waals surface area contributed by atoms with Crippen LogP contribution in [0.2, 0.25) is 0 Å². The van der Waals surface area contributed by atoms with Crippen LogP contribution in [0, 0.1) is 0 Å². The number of carbonyl (C=O) groups is 1. The molecule has 0 saturated heterocycles. The molecule has 2 rings (SSSR count). The second-order valence-electron chi connectivity index (χ2n) is 6.17. The molecule has 2 aromatic carbocycles. The summed E-state index contributed by atoms with van der Waals surface area (Å²) in [4.78, 5) is 12.1. The predicted molar refractivity (Wildman–Crippen MR) is 108 cm³/mol. The van der Waals surface area contributed by atoms with Crippen LogP contribution in [0.25, 0.3) is 0 Å². The Bertz CT molecular complexity index is 702. The monoisotopic (exact) mass is 372 g/mol. The van der Waals surface area contributed by atoms with Crippen molar-refractivity contribution in [3.63, 3.8) is 0 Å². The van der Waals surface area contributed by atoms with E-state index in [0.29, 0.717) is 31.3 Å². The van der Waals surface area contributed by atoms with Crippen LogP contribution >= 0.6 is 0 Å². The van der Waals surface area contributed by atoms with Crippen LogP contribution in [0.4, 0.5) is 11.4 Å². The first kappa shape index (κ1) is 20.6.